The Bertz CT molecular complexity index is 193. The minimum atomic E-state index is 0.0188. The molecule has 0 bridgehead atoms. The van der Waals surface area contributed by atoms with E-state index in [9.17, 15) is 4.79 Å². The Morgan fingerprint density at radius 2 is 2.47 bits per heavy atom. The molecule has 0 radical (unpaired) electrons. The topological polar surface area (TPSA) is 76.4 Å². The predicted octanol–water partition coefficient (Wildman–Crippen LogP) is -0.782. The summed E-state index contributed by atoms with van der Waals surface area (Å²) in [6, 6.07) is 0.0501. The molecule has 4 N–H and O–H groups in total. The van der Waals surface area contributed by atoms with Gasteiger partial charge in [-0.3, -0.25) is 4.79 Å². The first kappa shape index (κ1) is 12.4. The van der Waals surface area contributed by atoms with Gasteiger partial charge in [0.05, 0.1) is 6.10 Å². The molecule has 1 rings (SSSR count). The molecule has 5 heteroatoms. The van der Waals surface area contributed by atoms with Gasteiger partial charge in [-0.25, -0.2) is 0 Å². The number of carbonyl (C=O) groups excluding carboxylic acids is 1. The highest BCUT2D eigenvalue weighted by molar-refractivity contribution is 5.76. The van der Waals surface area contributed by atoms with Gasteiger partial charge in [-0.15, -0.1) is 0 Å². The average molecular weight is 215 g/mol. The van der Waals surface area contributed by atoms with Crippen LogP contribution in [0.2, 0.25) is 0 Å². The van der Waals surface area contributed by atoms with Crippen LogP contribution in [-0.4, -0.2) is 44.8 Å². The van der Waals surface area contributed by atoms with Crippen molar-refractivity contribution in [2.75, 3.05) is 26.7 Å². The van der Waals surface area contributed by atoms with E-state index in [-0.39, 0.29) is 11.9 Å². The van der Waals surface area contributed by atoms with Crippen molar-refractivity contribution in [2.24, 2.45) is 5.73 Å². The fourth-order valence-electron chi connectivity index (χ4n) is 1.67. The molecule has 1 aliphatic rings. The lowest BCUT2D eigenvalue weighted by Crippen LogP contribution is -2.43. The van der Waals surface area contributed by atoms with Crippen LogP contribution >= 0.6 is 0 Å². The highest BCUT2D eigenvalue weighted by Gasteiger charge is 2.17. The summed E-state index contributed by atoms with van der Waals surface area (Å²) in [4.78, 5) is 11.1. The van der Waals surface area contributed by atoms with Gasteiger partial charge in [0.1, 0.15) is 0 Å². The van der Waals surface area contributed by atoms with E-state index in [0.29, 0.717) is 19.1 Å². The second-order valence-electron chi connectivity index (χ2n) is 3.85. The van der Waals surface area contributed by atoms with Gasteiger partial charge in [0.25, 0.3) is 0 Å². The summed E-state index contributed by atoms with van der Waals surface area (Å²) in [5, 5.41) is 5.86. The maximum Gasteiger partial charge on any atom is 0.221 e. The molecule has 5 nitrogen and oxygen atoms in total. The third-order valence-corrected chi connectivity index (χ3v) is 2.65. The van der Waals surface area contributed by atoms with Crippen LogP contribution in [0.4, 0.5) is 0 Å². The first-order valence-electron chi connectivity index (χ1n) is 5.52. The van der Waals surface area contributed by atoms with E-state index in [2.05, 4.69) is 10.6 Å². The third-order valence-electron chi connectivity index (χ3n) is 2.65. The van der Waals surface area contributed by atoms with Crippen molar-refractivity contribution in [3.63, 3.8) is 0 Å². The van der Waals surface area contributed by atoms with Gasteiger partial charge in [0, 0.05) is 39.2 Å². The quantitative estimate of drug-likeness (QED) is 0.543. The first-order chi connectivity index (χ1) is 7.26. The van der Waals surface area contributed by atoms with E-state index in [4.69, 9.17) is 10.5 Å². The van der Waals surface area contributed by atoms with Crippen molar-refractivity contribution in [1.82, 2.24) is 10.6 Å². The fourth-order valence-corrected chi connectivity index (χ4v) is 1.67. The Labute approximate surface area is 90.7 Å². The molecule has 15 heavy (non-hydrogen) atoms. The lowest BCUT2D eigenvalue weighted by atomic mass is 10.1. The molecule has 2 unspecified atom stereocenters. The summed E-state index contributed by atoms with van der Waals surface area (Å²) in [5.74, 6) is 0.0188. The van der Waals surface area contributed by atoms with Gasteiger partial charge in [-0.05, 0) is 12.8 Å². The van der Waals surface area contributed by atoms with Crippen LogP contribution < -0.4 is 16.4 Å². The lowest BCUT2D eigenvalue weighted by molar-refractivity contribution is -0.121. The number of hydrogen-bond acceptors (Lipinski definition) is 4. The number of amides is 1. The zero-order valence-electron chi connectivity index (χ0n) is 9.29. The summed E-state index contributed by atoms with van der Waals surface area (Å²) in [6.45, 7) is 2.12. The number of rotatable bonds is 6. The molecule has 0 spiro atoms. The van der Waals surface area contributed by atoms with E-state index in [1.54, 1.807) is 7.05 Å². The summed E-state index contributed by atoms with van der Waals surface area (Å²) < 4.78 is 5.48. The van der Waals surface area contributed by atoms with Crippen molar-refractivity contribution >= 4 is 5.91 Å². The van der Waals surface area contributed by atoms with Crippen LogP contribution in [-0.2, 0) is 9.53 Å². The summed E-state index contributed by atoms with van der Waals surface area (Å²) >= 11 is 0. The number of hydrogen-bond donors (Lipinski definition) is 3. The van der Waals surface area contributed by atoms with E-state index < -0.39 is 0 Å². The summed E-state index contributed by atoms with van der Waals surface area (Å²) in [7, 11) is 1.63. The third kappa shape index (κ3) is 4.59. The van der Waals surface area contributed by atoms with Crippen LogP contribution in [0.5, 0.6) is 0 Å². The normalized spacial score (nSPS) is 22.7. The van der Waals surface area contributed by atoms with E-state index >= 15 is 0 Å². The van der Waals surface area contributed by atoms with Crippen LogP contribution in [0.3, 0.4) is 0 Å². The molecular weight excluding hydrogens is 194 g/mol. The molecule has 1 heterocycles. The molecule has 0 aromatic carbocycles. The predicted molar refractivity (Wildman–Crippen MR) is 58.5 cm³/mol. The van der Waals surface area contributed by atoms with Gasteiger partial charge in [-0.2, -0.15) is 0 Å². The SMILES string of the molecule is CNC(=O)CC(CN)NCC1CCCO1. The standard InChI is InChI=1S/C10H21N3O2/c1-12-10(14)5-8(6-11)13-7-9-3-2-4-15-9/h8-9,13H,2-7,11H2,1H3,(H,12,14). The van der Waals surface area contributed by atoms with Crippen molar-refractivity contribution in [2.45, 2.75) is 31.4 Å². The Morgan fingerprint density at radius 3 is 3.00 bits per heavy atom. The van der Waals surface area contributed by atoms with E-state index in [0.717, 1.165) is 26.0 Å². The Kier molecular flexibility index (Phi) is 5.60. The average Bonchev–Trinajstić information content (AvgIpc) is 2.76. The Hall–Kier alpha value is -0.650. The molecule has 88 valence electrons. The van der Waals surface area contributed by atoms with Crippen LogP contribution in [0.15, 0.2) is 0 Å². The molecule has 1 aliphatic heterocycles. The zero-order chi connectivity index (χ0) is 11.1. The largest absolute Gasteiger partial charge is 0.377 e. The Morgan fingerprint density at radius 1 is 1.67 bits per heavy atom. The van der Waals surface area contributed by atoms with Gasteiger partial charge in [0.15, 0.2) is 0 Å². The van der Waals surface area contributed by atoms with Crippen LogP contribution in [0.1, 0.15) is 19.3 Å². The van der Waals surface area contributed by atoms with Crippen molar-refractivity contribution < 1.29 is 9.53 Å². The molecule has 1 amide bonds. The summed E-state index contributed by atoms with van der Waals surface area (Å²) in [5.41, 5.74) is 5.58. The van der Waals surface area contributed by atoms with Crippen molar-refractivity contribution in [3.05, 3.63) is 0 Å². The van der Waals surface area contributed by atoms with Gasteiger partial charge < -0.3 is 21.1 Å². The first-order valence-corrected chi connectivity index (χ1v) is 5.52. The smallest absolute Gasteiger partial charge is 0.221 e. The Balaban J connectivity index is 2.17. The van der Waals surface area contributed by atoms with Gasteiger partial charge in [0.2, 0.25) is 5.91 Å². The molecule has 2 atom stereocenters. The fraction of sp³-hybridized carbons (Fsp3) is 0.900. The van der Waals surface area contributed by atoms with Gasteiger partial charge >= 0.3 is 0 Å². The number of nitrogens with one attached hydrogen (secondary N) is 2. The number of carbonyl (C=O) groups is 1. The van der Waals surface area contributed by atoms with E-state index in [1.165, 1.54) is 0 Å². The van der Waals surface area contributed by atoms with Gasteiger partial charge in [-0.1, -0.05) is 0 Å². The molecule has 0 aliphatic carbocycles. The molecule has 0 aromatic heterocycles. The maximum atomic E-state index is 11.1. The highest BCUT2D eigenvalue weighted by atomic mass is 16.5. The minimum Gasteiger partial charge on any atom is -0.377 e. The molecular formula is C10H21N3O2. The maximum absolute atomic E-state index is 11.1. The second kappa shape index (κ2) is 6.76. The van der Waals surface area contributed by atoms with Crippen molar-refractivity contribution in [1.29, 1.82) is 0 Å². The van der Waals surface area contributed by atoms with E-state index in [1.807, 2.05) is 0 Å². The summed E-state index contributed by atoms with van der Waals surface area (Å²) in [6.07, 6.45) is 2.96. The minimum absolute atomic E-state index is 0.0188. The van der Waals surface area contributed by atoms with Crippen LogP contribution in [0.25, 0.3) is 0 Å². The highest BCUT2D eigenvalue weighted by Crippen LogP contribution is 2.10. The van der Waals surface area contributed by atoms with Crippen LogP contribution in [0, 0.1) is 0 Å². The lowest BCUT2D eigenvalue weighted by Gasteiger charge is -2.18. The number of nitrogens with two attached hydrogens (primary N) is 1. The molecule has 1 saturated heterocycles. The molecule has 1 fully saturated rings. The monoisotopic (exact) mass is 215 g/mol. The second-order valence-corrected chi connectivity index (χ2v) is 3.85. The molecule has 0 aromatic rings. The van der Waals surface area contributed by atoms with Crippen molar-refractivity contribution in [3.8, 4) is 0 Å². The zero-order valence-corrected chi connectivity index (χ0v) is 9.29. The number of ether oxygens (including phenoxy) is 1. The molecule has 0 saturated carbocycles.